The number of hydrogen-bond acceptors (Lipinski definition) is 11. The number of carbonyl (C=O) groups is 2. The van der Waals surface area contributed by atoms with Crippen LogP contribution in [0.1, 0.15) is 67.2 Å². The Balaban J connectivity index is 1.71. The molecule has 0 aliphatic heterocycles. The number of aromatic nitrogens is 4. The smallest absolute Gasteiger partial charge is 0.326 e. The molecule has 13 nitrogen and oxygen atoms in total. The molecular weight excluding hydrogens is 527 g/mol. The summed E-state index contributed by atoms with van der Waals surface area (Å²) in [4.78, 5) is 37.7. The van der Waals surface area contributed by atoms with Gasteiger partial charge in [-0.3, -0.25) is 14.2 Å². The minimum Gasteiger partial charge on any atom is -0.466 e. The maximum atomic E-state index is 14.1. The number of anilines is 1. The average molecular weight is 569 g/mol. The van der Waals surface area contributed by atoms with Crippen LogP contribution in [0.2, 0.25) is 0 Å². The van der Waals surface area contributed by atoms with Crippen molar-refractivity contribution in [1.29, 1.82) is 0 Å². The molecule has 0 saturated heterocycles. The molecule has 1 fully saturated rings. The Hall–Kier alpha value is -2.60. The van der Waals surface area contributed by atoms with Gasteiger partial charge in [-0.2, -0.15) is 0 Å². The number of carbonyl (C=O) groups excluding carboxylic acids is 2. The van der Waals surface area contributed by atoms with Crippen LogP contribution in [0.5, 0.6) is 0 Å². The highest BCUT2D eigenvalue weighted by Crippen LogP contribution is 2.52. The van der Waals surface area contributed by atoms with Crippen molar-refractivity contribution in [2.24, 2.45) is 5.41 Å². The van der Waals surface area contributed by atoms with E-state index in [2.05, 4.69) is 20.0 Å². The van der Waals surface area contributed by atoms with Crippen LogP contribution in [0.15, 0.2) is 12.7 Å². The molecule has 2 heterocycles. The zero-order valence-electron chi connectivity index (χ0n) is 23.6. The molecule has 39 heavy (non-hydrogen) atoms. The molecule has 0 amide bonds. The van der Waals surface area contributed by atoms with Crippen LogP contribution in [0, 0.1) is 5.41 Å². The number of nitrogens with two attached hydrogens (primary N) is 1. The van der Waals surface area contributed by atoms with E-state index in [1.165, 1.54) is 6.33 Å². The summed E-state index contributed by atoms with van der Waals surface area (Å²) in [5, 5.41) is 2.94. The van der Waals surface area contributed by atoms with Gasteiger partial charge in [-0.05, 0) is 60.3 Å². The summed E-state index contributed by atoms with van der Waals surface area (Å²) in [5.74, 6) is -0.529. The first-order chi connectivity index (χ1) is 18.4. The standard InChI is InChI=1S/C25H41N6O7P/c1-7-24(6,22(32)38-17(3)4)30-39(34,37-12-11-25(9-10-25)23(33)35-8-2)16-36-18(5)13-31-15-29-19-20(26)27-14-28-21(19)31/h14-15,17-18H,7-13,16H2,1-6H3,(H,30,34)(H2,26,27,28). The van der Waals surface area contributed by atoms with Crippen molar-refractivity contribution in [3.63, 3.8) is 0 Å². The number of imidazole rings is 1. The molecule has 3 atom stereocenters. The third-order valence-corrected chi connectivity index (χ3v) is 8.70. The molecular formula is C25H41N6O7P. The quantitative estimate of drug-likeness (QED) is 0.224. The highest BCUT2D eigenvalue weighted by molar-refractivity contribution is 7.56. The number of nitrogen functional groups attached to an aromatic ring is 1. The molecule has 0 spiro atoms. The van der Waals surface area contributed by atoms with Crippen molar-refractivity contribution in [2.75, 3.05) is 25.3 Å². The van der Waals surface area contributed by atoms with E-state index in [4.69, 9.17) is 24.5 Å². The molecule has 14 heteroatoms. The number of nitrogens with one attached hydrogen (secondary N) is 1. The van der Waals surface area contributed by atoms with Gasteiger partial charge in [-0.25, -0.2) is 20.0 Å². The van der Waals surface area contributed by atoms with E-state index in [-0.39, 0.29) is 30.8 Å². The minimum atomic E-state index is -3.75. The zero-order valence-corrected chi connectivity index (χ0v) is 24.5. The number of hydrogen-bond donors (Lipinski definition) is 2. The molecule has 0 bridgehead atoms. The highest BCUT2D eigenvalue weighted by Gasteiger charge is 2.51. The Morgan fingerprint density at radius 3 is 2.56 bits per heavy atom. The summed E-state index contributed by atoms with van der Waals surface area (Å²) < 4.78 is 38.4. The molecule has 0 aromatic carbocycles. The van der Waals surface area contributed by atoms with Gasteiger partial charge in [-0.1, -0.05) is 6.92 Å². The van der Waals surface area contributed by atoms with Crippen molar-refractivity contribution >= 4 is 36.4 Å². The van der Waals surface area contributed by atoms with Gasteiger partial charge in [0, 0.05) is 0 Å². The molecule has 2 aromatic heterocycles. The normalized spacial score (nSPS) is 18.3. The second-order valence-electron chi connectivity index (χ2n) is 10.4. The molecule has 1 aliphatic carbocycles. The fourth-order valence-electron chi connectivity index (χ4n) is 4.06. The molecule has 1 aliphatic rings. The minimum absolute atomic E-state index is 0.0300. The predicted octanol–water partition coefficient (Wildman–Crippen LogP) is 3.42. The zero-order chi connectivity index (χ0) is 28.8. The van der Waals surface area contributed by atoms with Gasteiger partial charge in [0.05, 0.1) is 43.7 Å². The van der Waals surface area contributed by atoms with E-state index in [9.17, 15) is 14.2 Å². The van der Waals surface area contributed by atoms with Gasteiger partial charge in [0.1, 0.15) is 23.7 Å². The summed E-state index contributed by atoms with van der Waals surface area (Å²) >= 11 is 0. The largest absolute Gasteiger partial charge is 0.466 e. The molecule has 2 aromatic rings. The van der Waals surface area contributed by atoms with Crippen LogP contribution in [0.3, 0.4) is 0 Å². The van der Waals surface area contributed by atoms with E-state index >= 15 is 0 Å². The van der Waals surface area contributed by atoms with Crippen LogP contribution in [0.4, 0.5) is 5.82 Å². The second kappa shape index (κ2) is 12.7. The van der Waals surface area contributed by atoms with Crippen molar-refractivity contribution in [1.82, 2.24) is 24.6 Å². The summed E-state index contributed by atoms with van der Waals surface area (Å²) in [6.45, 7) is 11.2. The lowest BCUT2D eigenvalue weighted by atomic mass is 10.0. The Morgan fingerprint density at radius 1 is 1.23 bits per heavy atom. The van der Waals surface area contributed by atoms with Gasteiger partial charge in [-0.15, -0.1) is 0 Å². The predicted molar refractivity (Wildman–Crippen MR) is 145 cm³/mol. The fraction of sp³-hybridized carbons (Fsp3) is 0.720. The third kappa shape index (κ3) is 7.75. The van der Waals surface area contributed by atoms with Gasteiger partial charge >= 0.3 is 11.9 Å². The van der Waals surface area contributed by atoms with E-state index in [0.717, 1.165) is 0 Å². The average Bonchev–Trinajstić information content (AvgIpc) is 3.56. The lowest BCUT2D eigenvalue weighted by molar-refractivity contribution is -0.154. The highest BCUT2D eigenvalue weighted by atomic mass is 31.2. The van der Waals surface area contributed by atoms with Crippen LogP contribution in [-0.4, -0.2) is 68.8 Å². The molecule has 3 unspecified atom stereocenters. The summed E-state index contributed by atoms with van der Waals surface area (Å²) in [6.07, 6.45) is 3.91. The number of nitrogens with zero attached hydrogens (tertiary/aromatic N) is 4. The van der Waals surface area contributed by atoms with E-state index in [1.807, 2.05) is 6.92 Å². The van der Waals surface area contributed by atoms with Gasteiger partial charge < -0.3 is 29.0 Å². The van der Waals surface area contributed by atoms with E-state index < -0.39 is 30.5 Å². The Kier molecular flexibility index (Phi) is 10.1. The molecule has 1 saturated carbocycles. The maximum Gasteiger partial charge on any atom is 0.326 e. The number of fused-ring (bicyclic) bond motifs is 1. The topological polar surface area (TPSA) is 170 Å². The summed E-state index contributed by atoms with van der Waals surface area (Å²) in [7, 11) is -3.75. The van der Waals surface area contributed by atoms with Gasteiger partial charge in [0.25, 0.3) is 7.52 Å². The van der Waals surface area contributed by atoms with Gasteiger partial charge in [0.2, 0.25) is 0 Å². The first kappa shape index (κ1) is 30.9. The number of rotatable bonds is 16. The third-order valence-electron chi connectivity index (χ3n) is 6.77. The Morgan fingerprint density at radius 2 is 1.95 bits per heavy atom. The lowest BCUT2D eigenvalue weighted by Crippen LogP contribution is -2.49. The van der Waals surface area contributed by atoms with Crippen molar-refractivity contribution in [3.8, 4) is 0 Å². The Bertz CT molecular complexity index is 1200. The van der Waals surface area contributed by atoms with Crippen LogP contribution in [-0.2, 0) is 39.4 Å². The van der Waals surface area contributed by atoms with Crippen molar-refractivity contribution in [2.45, 2.75) is 91.5 Å². The Labute approximate surface area is 229 Å². The summed E-state index contributed by atoms with van der Waals surface area (Å²) in [6, 6.07) is 0. The second-order valence-corrected chi connectivity index (χ2v) is 12.5. The SMILES string of the molecule is CCOC(=O)C1(CCOP(=O)(COC(C)Cn2cnc3c(N)ncnc32)NC(C)(CC)C(=O)OC(C)C)CC1. The first-order valence-electron chi connectivity index (χ1n) is 13.3. The van der Waals surface area contributed by atoms with Crippen LogP contribution < -0.4 is 10.8 Å². The molecule has 3 rings (SSSR count). The van der Waals surface area contributed by atoms with E-state index in [1.54, 1.807) is 45.5 Å². The molecule has 218 valence electrons. The van der Waals surface area contributed by atoms with Crippen molar-refractivity contribution in [3.05, 3.63) is 12.7 Å². The van der Waals surface area contributed by atoms with Crippen molar-refractivity contribution < 1.29 is 32.9 Å². The van der Waals surface area contributed by atoms with Crippen LogP contribution in [0.25, 0.3) is 11.2 Å². The van der Waals surface area contributed by atoms with Gasteiger partial charge in [0.15, 0.2) is 11.5 Å². The van der Waals surface area contributed by atoms with Crippen LogP contribution >= 0.6 is 7.52 Å². The number of esters is 2. The maximum absolute atomic E-state index is 14.1. The van der Waals surface area contributed by atoms with E-state index in [0.29, 0.717) is 50.0 Å². The molecule has 0 radical (unpaired) electrons. The molecule has 3 N–H and O–H groups in total. The number of ether oxygens (including phenoxy) is 3. The fourth-order valence-corrected chi connectivity index (χ4v) is 6.10. The lowest BCUT2D eigenvalue weighted by Gasteiger charge is -2.33. The first-order valence-corrected chi connectivity index (χ1v) is 15.1. The summed E-state index contributed by atoms with van der Waals surface area (Å²) in [5.41, 5.74) is 5.03. The monoisotopic (exact) mass is 568 g/mol.